The molecule has 0 bridgehead atoms. The largest absolute Gasteiger partial charge is 0.466 e. The summed E-state index contributed by atoms with van der Waals surface area (Å²) in [7, 11) is 1.80. The molecule has 0 unspecified atom stereocenters. The van der Waals surface area contributed by atoms with Crippen molar-refractivity contribution >= 4 is 5.97 Å². The quantitative estimate of drug-likeness (QED) is 0.754. The number of benzene rings is 1. The van der Waals surface area contributed by atoms with Gasteiger partial charge in [-0.1, -0.05) is 12.1 Å². The molecule has 112 valence electrons. The summed E-state index contributed by atoms with van der Waals surface area (Å²) in [6.45, 7) is 3.07. The highest BCUT2D eigenvalue weighted by molar-refractivity contribution is 5.69. The monoisotopic (exact) mass is 289 g/mol. The lowest BCUT2D eigenvalue weighted by atomic mass is 10.1. The molecule has 0 aromatic heterocycles. The molecule has 1 rings (SSSR count). The van der Waals surface area contributed by atoms with Crippen molar-refractivity contribution in [3.63, 3.8) is 0 Å². The highest BCUT2D eigenvalue weighted by Gasteiger charge is 2.29. The summed E-state index contributed by atoms with van der Waals surface area (Å²) in [6.07, 6.45) is -4.04. The molecule has 0 aliphatic carbocycles. The second-order valence-corrected chi connectivity index (χ2v) is 4.49. The molecule has 6 heteroatoms. The lowest BCUT2D eigenvalue weighted by molar-refractivity contribution is -0.143. The van der Waals surface area contributed by atoms with Crippen molar-refractivity contribution in [2.24, 2.45) is 0 Å². The van der Waals surface area contributed by atoms with Crippen molar-refractivity contribution in [3.8, 4) is 0 Å². The van der Waals surface area contributed by atoms with Crippen LogP contribution < -0.4 is 0 Å². The van der Waals surface area contributed by atoms with Crippen LogP contribution in [0.25, 0.3) is 0 Å². The average molecular weight is 289 g/mol. The number of hydrogen-bond acceptors (Lipinski definition) is 3. The van der Waals surface area contributed by atoms with Gasteiger partial charge in [0.15, 0.2) is 0 Å². The molecule has 0 aliphatic rings. The molecule has 0 saturated carbocycles. The van der Waals surface area contributed by atoms with Crippen molar-refractivity contribution in [1.82, 2.24) is 4.90 Å². The van der Waals surface area contributed by atoms with Gasteiger partial charge in [-0.3, -0.25) is 4.79 Å². The Labute approximate surface area is 116 Å². The van der Waals surface area contributed by atoms with E-state index in [0.29, 0.717) is 19.7 Å². The fraction of sp³-hybridized carbons (Fsp3) is 0.500. The second kappa shape index (κ2) is 7.28. The Morgan fingerprint density at radius 3 is 2.35 bits per heavy atom. The number of carbonyl (C=O) groups is 1. The maximum Gasteiger partial charge on any atom is 0.416 e. The van der Waals surface area contributed by atoms with Gasteiger partial charge in [-0.15, -0.1) is 0 Å². The third-order valence-electron chi connectivity index (χ3n) is 2.74. The van der Waals surface area contributed by atoms with Crippen LogP contribution in [0.1, 0.15) is 24.5 Å². The van der Waals surface area contributed by atoms with Gasteiger partial charge < -0.3 is 9.64 Å². The van der Waals surface area contributed by atoms with Crippen LogP contribution in [0, 0.1) is 0 Å². The van der Waals surface area contributed by atoms with E-state index in [1.54, 1.807) is 14.0 Å². The molecule has 0 heterocycles. The van der Waals surface area contributed by atoms with Gasteiger partial charge in [0.25, 0.3) is 0 Å². The Morgan fingerprint density at radius 2 is 1.85 bits per heavy atom. The molecule has 1 aromatic carbocycles. The highest BCUT2D eigenvalue weighted by atomic mass is 19.4. The number of ether oxygens (including phenoxy) is 1. The first kappa shape index (κ1) is 16.5. The zero-order valence-electron chi connectivity index (χ0n) is 11.5. The molecule has 0 amide bonds. The van der Waals surface area contributed by atoms with E-state index in [9.17, 15) is 18.0 Å². The number of alkyl halides is 3. The number of rotatable bonds is 6. The van der Waals surface area contributed by atoms with E-state index in [1.807, 2.05) is 4.90 Å². The van der Waals surface area contributed by atoms with Gasteiger partial charge in [0.2, 0.25) is 0 Å². The van der Waals surface area contributed by atoms with Gasteiger partial charge in [-0.05, 0) is 31.7 Å². The SMILES string of the molecule is CCOC(=O)CCN(C)Cc1ccc(C(F)(F)F)cc1. The minimum Gasteiger partial charge on any atom is -0.466 e. The number of nitrogens with zero attached hydrogens (tertiary/aromatic N) is 1. The highest BCUT2D eigenvalue weighted by Crippen LogP contribution is 2.29. The van der Waals surface area contributed by atoms with E-state index in [1.165, 1.54) is 12.1 Å². The predicted octanol–water partition coefficient (Wildman–Crippen LogP) is 3.09. The molecule has 0 spiro atoms. The van der Waals surface area contributed by atoms with Gasteiger partial charge in [0.05, 0.1) is 18.6 Å². The standard InChI is InChI=1S/C14H18F3NO2/c1-3-20-13(19)8-9-18(2)10-11-4-6-12(7-5-11)14(15,16)17/h4-7H,3,8-10H2,1-2H3. The van der Waals surface area contributed by atoms with E-state index >= 15 is 0 Å². The molecule has 20 heavy (non-hydrogen) atoms. The van der Waals surface area contributed by atoms with Gasteiger partial charge in [-0.2, -0.15) is 13.2 Å². The fourth-order valence-electron chi connectivity index (χ4n) is 1.71. The maximum atomic E-state index is 12.4. The lowest BCUT2D eigenvalue weighted by Gasteiger charge is -2.16. The maximum absolute atomic E-state index is 12.4. The summed E-state index contributed by atoms with van der Waals surface area (Å²) < 4.78 is 42.0. The van der Waals surface area contributed by atoms with Gasteiger partial charge in [0, 0.05) is 13.1 Å². The second-order valence-electron chi connectivity index (χ2n) is 4.49. The molecule has 0 N–H and O–H groups in total. The predicted molar refractivity (Wildman–Crippen MR) is 69.0 cm³/mol. The van der Waals surface area contributed by atoms with Crippen molar-refractivity contribution in [2.75, 3.05) is 20.2 Å². The first-order valence-electron chi connectivity index (χ1n) is 6.33. The summed E-state index contributed by atoms with van der Waals surface area (Å²) >= 11 is 0. The summed E-state index contributed by atoms with van der Waals surface area (Å²) in [6, 6.07) is 5.02. The zero-order valence-corrected chi connectivity index (χ0v) is 11.5. The number of hydrogen-bond donors (Lipinski definition) is 0. The Morgan fingerprint density at radius 1 is 1.25 bits per heavy atom. The van der Waals surface area contributed by atoms with Crippen LogP contribution in [0.5, 0.6) is 0 Å². The Bertz CT molecular complexity index is 429. The number of halogens is 3. The fourth-order valence-corrected chi connectivity index (χ4v) is 1.71. The topological polar surface area (TPSA) is 29.5 Å². The zero-order chi connectivity index (χ0) is 15.2. The van der Waals surface area contributed by atoms with Crippen LogP contribution in [0.15, 0.2) is 24.3 Å². The van der Waals surface area contributed by atoms with Crippen LogP contribution >= 0.6 is 0 Å². The van der Waals surface area contributed by atoms with Crippen molar-refractivity contribution in [2.45, 2.75) is 26.1 Å². The van der Waals surface area contributed by atoms with Crippen LogP contribution in [0.3, 0.4) is 0 Å². The van der Waals surface area contributed by atoms with Gasteiger partial charge in [0.1, 0.15) is 0 Å². The summed E-state index contributed by atoms with van der Waals surface area (Å²) in [5.41, 5.74) is 0.111. The van der Waals surface area contributed by atoms with Gasteiger partial charge >= 0.3 is 12.1 Å². The van der Waals surface area contributed by atoms with E-state index in [2.05, 4.69) is 0 Å². The molecule has 0 saturated heterocycles. The average Bonchev–Trinajstić information content (AvgIpc) is 2.36. The number of esters is 1. The minimum atomic E-state index is -4.31. The number of carbonyl (C=O) groups excluding carboxylic acids is 1. The Balaban J connectivity index is 2.46. The molecule has 0 atom stereocenters. The van der Waals surface area contributed by atoms with Crippen LogP contribution in [-0.2, 0) is 22.3 Å². The van der Waals surface area contributed by atoms with Crippen molar-refractivity contribution in [3.05, 3.63) is 35.4 Å². The Kier molecular flexibility index (Phi) is 6.01. The first-order chi connectivity index (χ1) is 9.32. The van der Waals surface area contributed by atoms with E-state index in [-0.39, 0.29) is 12.4 Å². The third-order valence-corrected chi connectivity index (χ3v) is 2.74. The molecule has 0 radical (unpaired) electrons. The van der Waals surface area contributed by atoms with Crippen LogP contribution in [-0.4, -0.2) is 31.1 Å². The summed E-state index contributed by atoms with van der Waals surface area (Å²) in [5, 5.41) is 0. The molecule has 0 fully saturated rings. The molecule has 1 aromatic rings. The van der Waals surface area contributed by atoms with E-state index in [0.717, 1.165) is 17.7 Å². The first-order valence-corrected chi connectivity index (χ1v) is 6.33. The van der Waals surface area contributed by atoms with Crippen molar-refractivity contribution in [1.29, 1.82) is 0 Å². The normalized spacial score (nSPS) is 11.7. The van der Waals surface area contributed by atoms with E-state index in [4.69, 9.17) is 4.74 Å². The molecular formula is C14H18F3NO2. The third kappa shape index (κ3) is 5.61. The lowest BCUT2D eigenvalue weighted by Crippen LogP contribution is -2.22. The molecule has 0 aliphatic heterocycles. The van der Waals surface area contributed by atoms with Crippen molar-refractivity contribution < 1.29 is 22.7 Å². The van der Waals surface area contributed by atoms with Gasteiger partial charge in [-0.25, -0.2) is 0 Å². The minimum absolute atomic E-state index is 0.269. The van der Waals surface area contributed by atoms with Crippen LogP contribution in [0.2, 0.25) is 0 Å². The van der Waals surface area contributed by atoms with E-state index < -0.39 is 11.7 Å². The summed E-state index contributed by atoms with van der Waals surface area (Å²) in [4.78, 5) is 13.0. The smallest absolute Gasteiger partial charge is 0.416 e. The Hall–Kier alpha value is -1.56. The molecule has 3 nitrogen and oxygen atoms in total. The molecular weight excluding hydrogens is 271 g/mol. The van der Waals surface area contributed by atoms with Crippen LogP contribution in [0.4, 0.5) is 13.2 Å². The summed E-state index contributed by atoms with van der Waals surface area (Å²) in [5.74, 6) is -0.272.